The van der Waals surface area contributed by atoms with Gasteiger partial charge in [0.2, 0.25) is 0 Å². The highest BCUT2D eigenvalue weighted by Crippen LogP contribution is 2.30. The van der Waals surface area contributed by atoms with Gasteiger partial charge in [0, 0.05) is 43.6 Å². The number of hydrogen-bond donors (Lipinski definition) is 0. The van der Waals surface area contributed by atoms with Gasteiger partial charge in [-0.1, -0.05) is 30.3 Å². The Morgan fingerprint density at radius 2 is 1.81 bits per heavy atom. The summed E-state index contributed by atoms with van der Waals surface area (Å²) in [6, 6.07) is 14.8. The zero-order valence-electron chi connectivity index (χ0n) is 15.8. The lowest BCUT2D eigenvalue weighted by atomic mass is 9.91. The van der Waals surface area contributed by atoms with E-state index in [-0.39, 0.29) is 5.91 Å². The maximum Gasteiger partial charge on any atom is 0.257 e. The van der Waals surface area contributed by atoms with Gasteiger partial charge in [-0.2, -0.15) is 5.10 Å². The van der Waals surface area contributed by atoms with Gasteiger partial charge >= 0.3 is 0 Å². The Labute approximate surface area is 159 Å². The van der Waals surface area contributed by atoms with E-state index in [0.717, 1.165) is 37.3 Å². The predicted molar refractivity (Wildman–Crippen MR) is 105 cm³/mol. The van der Waals surface area contributed by atoms with E-state index in [0.29, 0.717) is 11.5 Å². The van der Waals surface area contributed by atoms with Gasteiger partial charge in [-0.15, -0.1) is 0 Å². The van der Waals surface area contributed by atoms with Gasteiger partial charge in [0.05, 0.1) is 11.8 Å². The first kappa shape index (κ1) is 17.5. The minimum absolute atomic E-state index is 0.0729. The molecule has 1 aliphatic rings. The van der Waals surface area contributed by atoms with Crippen LogP contribution in [0.3, 0.4) is 0 Å². The maximum atomic E-state index is 12.6. The summed E-state index contributed by atoms with van der Waals surface area (Å²) in [6.45, 7) is 3.57. The van der Waals surface area contributed by atoms with E-state index >= 15 is 0 Å². The fraction of sp³-hybridized carbons (Fsp3) is 0.318. The molecule has 138 valence electrons. The van der Waals surface area contributed by atoms with E-state index in [1.165, 1.54) is 11.1 Å². The van der Waals surface area contributed by atoms with Gasteiger partial charge in [0.1, 0.15) is 0 Å². The Morgan fingerprint density at radius 3 is 2.48 bits per heavy atom. The van der Waals surface area contributed by atoms with Crippen LogP contribution in [0, 0.1) is 6.92 Å². The third-order valence-corrected chi connectivity index (χ3v) is 5.23. The van der Waals surface area contributed by atoms with E-state index in [9.17, 15) is 4.79 Å². The first-order valence-electron chi connectivity index (χ1n) is 9.42. The molecular weight excluding hydrogens is 336 g/mol. The van der Waals surface area contributed by atoms with Gasteiger partial charge in [-0.05, 0) is 43.0 Å². The Morgan fingerprint density at radius 1 is 1.07 bits per heavy atom. The Hall–Kier alpha value is -2.95. The molecular formula is C22H24N4O. The third-order valence-electron chi connectivity index (χ3n) is 5.23. The van der Waals surface area contributed by atoms with Crippen molar-refractivity contribution in [1.29, 1.82) is 0 Å². The molecule has 3 aromatic rings. The quantitative estimate of drug-likeness (QED) is 0.714. The second-order valence-corrected chi connectivity index (χ2v) is 7.26. The van der Waals surface area contributed by atoms with Crippen LogP contribution in [-0.4, -0.2) is 38.7 Å². The van der Waals surface area contributed by atoms with Crippen LogP contribution in [0.1, 0.15) is 40.5 Å². The van der Waals surface area contributed by atoms with Crippen molar-refractivity contribution in [1.82, 2.24) is 19.7 Å². The number of piperidine rings is 1. The molecule has 0 saturated carbocycles. The smallest absolute Gasteiger partial charge is 0.257 e. The molecule has 0 atom stereocenters. The predicted octanol–water partition coefficient (Wildman–Crippen LogP) is 3.81. The number of rotatable bonds is 3. The number of aryl methyl sites for hydroxylation is 2. The van der Waals surface area contributed by atoms with E-state index in [1.807, 2.05) is 18.0 Å². The number of likely N-dealkylation sites (tertiary alicyclic amines) is 1. The average Bonchev–Trinajstić information content (AvgIpc) is 3.14. The topological polar surface area (TPSA) is 51.0 Å². The van der Waals surface area contributed by atoms with Crippen molar-refractivity contribution in [2.75, 3.05) is 13.1 Å². The molecule has 4 rings (SSSR count). The van der Waals surface area contributed by atoms with Crippen LogP contribution in [0.5, 0.6) is 0 Å². The lowest BCUT2D eigenvalue weighted by Crippen LogP contribution is -2.38. The highest BCUT2D eigenvalue weighted by atomic mass is 16.2. The number of hydrogen-bond acceptors (Lipinski definition) is 3. The lowest BCUT2D eigenvalue weighted by molar-refractivity contribution is 0.0712. The minimum Gasteiger partial charge on any atom is -0.339 e. The molecule has 0 radical (unpaired) electrons. The molecule has 1 saturated heterocycles. The Balaban J connectivity index is 1.48. The van der Waals surface area contributed by atoms with Crippen LogP contribution in [-0.2, 0) is 7.05 Å². The molecule has 0 unspecified atom stereocenters. The van der Waals surface area contributed by atoms with Crippen LogP contribution in [0.4, 0.5) is 0 Å². The highest BCUT2D eigenvalue weighted by Gasteiger charge is 2.26. The summed E-state index contributed by atoms with van der Waals surface area (Å²) in [5, 5.41) is 4.10. The number of amides is 1. The van der Waals surface area contributed by atoms with Crippen LogP contribution >= 0.6 is 0 Å². The normalized spacial score (nSPS) is 15.1. The van der Waals surface area contributed by atoms with Crippen molar-refractivity contribution in [3.63, 3.8) is 0 Å². The molecule has 1 aromatic carbocycles. The molecule has 5 heteroatoms. The van der Waals surface area contributed by atoms with E-state index < -0.39 is 0 Å². The summed E-state index contributed by atoms with van der Waals surface area (Å²) in [7, 11) is 1.83. The molecule has 0 spiro atoms. The summed E-state index contributed by atoms with van der Waals surface area (Å²) in [4.78, 5) is 19.3. The largest absolute Gasteiger partial charge is 0.339 e. The van der Waals surface area contributed by atoms with Gasteiger partial charge in [0.15, 0.2) is 0 Å². The fourth-order valence-corrected chi connectivity index (χ4v) is 3.79. The first-order valence-corrected chi connectivity index (χ1v) is 9.42. The summed E-state index contributed by atoms with van der Waals surface area (Å²) >= 11 is 0. The molecule has 1 fully saturated rings. The van der Waals surface area contributed by atoms with E-state index in [2.05, 4.69) is 48.4 Å². The van der Waals surface area contributed by atoms with Crippen LogP contribution in [0.15, 0.2) is 54.9 Å². The van der Waals surface area contributed by atoms with Crippen LogP contribution < -0.4 is 0 Å². The minimum atomic E-state index is 0.0729. The van der Waals surface area contributed by atoms with Gasteiger partial charge in [-0.3, -0.25) is 14.5 Å². The Kier molecular flexibility index (Phi) is 4.75. The Bertz CT molecular complexity index is 940. The number of carbonyl (C=O) groups is 1. The zero-order chi connectivity index (χ0) is 18.8. The summed E-state index contributed by atoms with van der Waals surface area (Å²) in [5.74, 6) is 0.467. The summed E-state index contributed by atoms with van der Waals surface area (Å²) in [5.41, 5.74) is 5.28. The summed E-state index contributed by atoms with van der Waals surface area (Å²) in [6.07, 6.45) is 5.30. The number of carbonyl (C=O) groups excluding carboxylic acids is 1. The lowest BCUT2D eigenvalue weighted by Gasteiger charge is -2.31. The molecule has 0 aliphatic carbocycles. The van der Waals surface area contributed by atoms with E-state index in [4.69, 9.17) is 4.98 Å². The van der Waals surface area contributed by atoms with Crippen molar-refractivity contribution in [3.05, 3.63) is 71.8 Å². The molecule has 0 bridgehead atoms. The molecule has 0 N–H and O–H groups in total. The van der Waals surface area contributed by atoms with Crippen molar-refractivity contribution < 1.29 is 4.79 Å². The zero-order valence-corrected chi connectivity index (χ0v) is 15.8. The van der Waals surface area contributed by atoms with Crippen LogP contribution in [0.25, 0.3) is 11.1 Å². The van der Waals surface area contributed by atoms with Crippen molar-refractivity contribution in [2.24, 2.45) is 7.05 Å². The second-order valence-electron chi connectivity index (χ2n) is 7.26. The SMILES string of the molecule is Cc1cc(-c2ccccc2)cc(C2CCN(C(=O)c3cnn(C)c3)CC2)n1. The van der Waals surface area contributed by atoms with Gasteiger partial charge < -0.3 is 4.90 Å². The summed E-state index contributed by atoms with van der Waals surface area (Å²) < 4.78 is 1.67. The van der Waals surface area contributed by atoms with Gasteiger partial charge in [-0.25, -0.2) is 0 Å². The first-order chi connectivity index (χ1) is 13.1. The molecule has 1 aliphatic heterocycles. The monoisotopic (exact) mass is 360 g/mol. The number of aromatic nitrogens is 3. The molecule has 2 aromatic heterocycles. The maximum absolute atomic E-state index is 12.6. The molecule has 1 amide bonds. The van der Waals surface area contributed by atoms with Crippen molar-refractivity contribution in [3.8, 4) is 11.1 Å². The average molecular weight is 360 g/mol. The second kappa shape index (κ2) is 7.35. The van der Waals surface area contributed by atoms with Gasteiger partial charge in [0.25, 0.3) is 5.91 Å². The molecule has 27 heavy (non-hydrogen) atoms. The standard InChI is InChI=1S/C22H24N4O/c1-16-12-19(17-6-4-3-5-7-17)13-21(24-16)18-8-10-26(11-9-18)22(27)20-14-23-25(2)15-20/h3-7,12-15,18H,8-11H2,1-2H3. The fourth-order valence-electron chi connectivity index (χ4n) is 3.79. The number of benzene rings is 1. The number of nitrogens with zero attached hydrogens (tertiary/aromatic N) is 4. The van der Waals surface area contributed by atoms with Crippen molar-refractivity contribution >= 4 is 5.91 Å². The highest BCUT2D eigenvalue weighted by molar-refractivity contribution is 5.93. The van der Waals surface area contributed by atoms with Crippen LogP contribution in [0.2, 0.25) is 0 Å². The third kappa shape index (κ3) is 3.77. The van der Waals surface area contributed by atoms with E-state index in [1.54, 1.807) is 17.1 Å². The number of pyridine rings is 1. The molecule has 5 nitrogen and oxygen atoms in total. The van der Waals surface area contributed by atoms with Crippen molar-refractivity contribution in [2.45, 2.75) is 25.7 Å². The molecule has 3 heterocycles.